The number of alkyl halides is 2. The van der Waals surface area contributed by atoms with Crippen molar-refractivity contribution >= 4 is 0 Å². The Labute approximate surface area is 68.0 Å². The Kier molecular flexibility index (Phi) is 2.73. The Bertz CT molecular complexity index is 257. The van der Waals surface area contributed by atoms with Crippen LogP contribution < -0.4 is 0 Å². The van der Waals surface area contributed by atoms with Crippen molar-refractivity contribution in [2.24, 2.45) is 0 Å². The zero-order valence-corrected chi connectivity index (χ0v) is 6.52. The van der Waals surface area contributed by atoms with Gasteiger partial charge in [-0.2, -0.15) is 5.10 Å². The molecule has 0 saturated carbocycles. The second-order valence-corrected chi connectivity index (χ2v) is 2.30. The molecule has 0 amide bonds. The van der Waals surface area contributed by atoms with E-state index in [1.165, 1.54) is 0 Å². The van der Waals surface area contributed by atoms with E-state index in [1.807, 2.05) is 6.20 Å². The van der Waals surface area contributed by atoms with Crippen molar-refractivity contribution in [1.82, 2.24) is 9.78 Å². The van der Waals surface area contributed by atoms with Gasteiger partial charge in [-0.15, -0.1) is 0 Å². The Balaban J connectivity index is 2.84. The molecule has 0 N–H and O–H groups in total. The molecule has 1 aromatic rings. The highest BCUT2D eigenvalue weighted by atomic mass is 19.3. The summed E-state index contributed by atoms with van der Waals surface area (Å²) in [4.78, 5) is 0. The fourth-order valence-electron chi connectivity index (χ4n) is 0.962. The van der Waals surface area contributed by atoms with Gasteiger partial charge in [-0.25, -0.2) is 13.2 Å². The van der Waals surface area contributed by atoms with Crippen LogP contribution in [-0.4, -0.2) is 16.2 Å². The average Bonchev–Trinajstić information content (AvgIpc) is 2.30. The summed E-state index contributed by atoms with van der Waals surface area (Å²) in [6.07, 6.45) is -0.162. The summed E-state index contributed by atoms with van der Waals surface area (Å²) < 4.78 is 37.3. The summed E-state index contributed by atoms with van der Waals surface area (Å²) in [5, 5.41) is 3.36. The zero-order chi connectivity index (χ0) is 9.14. The molecule has 67 valence electrons. The molecule has 1 rings (SSSR count). The summed E-state index contributed by atoms with van der Waals surface area (Å²) in [6, 6.07) is 0. The molecule has 0 aliphatic heterocycles. The van der Waals surface area contributed by atoms with Crippen LogP contribution in [0.25, 0.3) is 0 Å². The predicted molar refractivity (Wildman–Crippen MR) is 36.4 cm³/mol. The van der Waals surface area contributed by atoms with E-state index in [0.29, 0.717) is 6.42 Å². The molecule has 0 aliphatic rings. The van der Waals surface area contributed by atoms with E-state index in [2.05, 4.69) is 5.10 Å². The van der Waals surface area contributed by atoms with E-state index >= 15 is 0 Å². The molecule has 0 fully saturated rings. The number of rotatable bonds is 3. The first-order chi connectivity index (χ1) is 5.65. The Morgan fingerprint density at radius 3 is 2.75 bits per heavy atom. The molecule has 0 bridgehead atoms. The summed E-state index contributed by atoms with van der Waals surface area (Å²) in [7, 11) is 0. The van der Waals surface area contributed by atoms with Gasteiger partial charge in [-0.3, -0.25) is 4.68 Å². The van der Waals surface area contributed by atoms with Gasteiger partial charge >= 0.3 is 0 Å². The SMILES string of the molecule is CCc1c(F)[c]nn1CC(F)F. The van der Waals surface area contributed by atoms with Crippen molar-refractivity contribution in [3.8, 4) is 0 Å². The number of aromatic nitrogens is 2. The number of hydrogen-bond acceptors (Lipinski definition) is 1. The van der Waals surface area contributed by atoms with E-state index in [4.69, 9.17) is 0 Å². The van der Waals surface area contributed by atoms with Gasteiger partial charge in [-0.1, -0.05) is 6.92 Å². The lowest BCUT2D eigenvalue weighted by atomic mass is 10.3. The van der Waals surface area contributed by atoms with Crippen LogP contribution in [0, 0.1) is 12.0 Å². The first kappa shape index (κ1) is 9.09. The number of nitrogens with zero attached hydrogens (tertiary/aromatic N) is 2. The molecule has 12 heavy (non-hydrogen) atoms. The van der Waals surface area contributed by atoms with E-state index in [9.17, 15) is 13.2 Å². The van der Waals surface area contributed by atoms with Crippen LogP contribution in [0.1, 0.15) is 12.6 Å². The van der Waals surface area contributed by atoms with Crippen molar-refractivity contribution in [1.29, 1.82) is 0 Å². The van der Waals surface area contributed by atoms with Crippen LogP contribution in [0.4, 0.5) is 13.2 Å². The van der Waals surface area contributed by atoms with Gasteiger partial charge < -0.3 is 0 Å². The fraction of sp³-hybridized carbons (Fsp3) is 0.571. The molecule has 0 aromatic carbocycles. The van der Waals surface area contributed by atoms with Crippen LogP contribution in [-0.2, 0) is 13.0 Å². The van der Waals surface area contributed by atoms with Gasteiger partial charge in [-0.05, 0) is 6.42 Å². The summed E-state index contributed by atoms with van der Waals surface area (Å²) in [5.74, 6) is -0.641. The fourth-order valence-corrected chi connectivity index (χ4v) is 0.962. The van der Waals surface area contributed by atoms with Crippen LogP contribution in [0.5, 0.6) is 0 Å². The predicted octanol–water partition coefficient (Wildman–Crippen LogP) is 1.65. The van der Waals surface area contributed by atoms with Gasteiger partial charge in [0.05, 0.1) is 5.69 Å². The minimum absolute atomic E-state index is 0.176. The van der Waals surface area contributed by atoms with Crippen LogP contribution in [0.3, 0.4) is 0 Å². The molecule has 2 nitrogen and oxygen atoms in total. The van der Waals surface area contributed by atoms with E-state index in [0.717, 1.165) is 4.68 Å². The molecule has 0 aliphatic carbocycles. The smallest absolute Gasteiger partial charge is 0.257 e. The highest BCUT2D eigenvalue weighted by Crippen LogP contribution is 2.08. The van der Waals surface area contributed by atoms with Gasteiger partial charge in [0.15, 0.2) is 12.0 Å². The van der Waals surface area contributed by atoms with Gasteiger partial charge in [0.25, 0.3) is 6.43 Å². The van der Waals surface area contributed by atoms with E-state index in [-0.39, 0.29) is 5.69 Å². The molecular formula is C7H8F3N2. The summed E-state index contributed by atoms with van der Waals surface area (Å²) in [5.41, 5.74) is 0.176. The Morgan fingerprint density at radius 1 is 1.58 bits per heavy atom. The third-order valence-electron chi connectivity index (χ3n) is 1.48. The van der Waals surface area contributed by atoms with Gasteiger partial charge in [0, 0.05) is 0 Å². The minimum Gasteiger partial charge on any atom is -0.260 e. The molecule has 1 heterocycles. The van der Waals surface area contributed by atoms with Crippen molar-refractivity contribution in [2.45, 2.75) is 26.3 Å². The topological polar surface area (TPSA) is 17.8 Å². The minimum atomic E-state index is -2.51. The summed E-state index contributed by atoms with van der Waals surface area (Å²) >= 11 is 0. The third-order valence-corrected chi connectivity index (χ3v) is 1.48. The number of halogens is 3. The maximum Gasteiger partial charge on any atom is 0.257 e. The normalized spacial score (nSPS) is 11.1. The number of hydrogen-bond donors (Lipinski definition) is 0. The molecule has 1 aromatic heterocycles. The van der Waals surface area contributed by atoms with Crippen LogP contribution in [0.2, 0.25) is 0 Å². The van der Waals surface area contributed by atoms with E-state index < -0.39 is 18.8 Å². The second kappa shape index (κ2) is 3.60. The highest BCUT2D eigenvalue weighted by molar-refractivity contribution is 5.02. The molecule has 1 radical (unpaired) electrons. The Morgan fingerprint density at radius 2 is 2.25 bits per heavy atom. The Hall–Kier alpha value is -1.00. The first-order valence-corrected chi connectivity index (χ1v) is 3.56. The zero-order valence-electron chi connectivity index (χ0n) is 6.52. The lowest BCUT2D eigenvalue weighted by molar-refractivity contribution is 0.120. The van der Waals surface area contributed by atoms with Crippen LogP contribution in [0.15, 0.2) is 0 Å². The molecule has 5 heteroatoms. The average molecular weight is 177 g/mol. The maximum absolute atomic E-state index is 12.7. The molecular weight excluding hydrogens is 169 g/mol. The third kappa shape index (κ3) is 1.78. The monoisotopic (exact) mass is 177 g/mol. The second-order valence-electron chi connectivity index (χ2n) is 2.30. The quantitative estimate of drug-likeness (QED) is 0.686. The van der Waals surface area contributed by atoms with Crippen molar-refractivity contribution in [2.75, 3.05) is 0 Å². The lowest BCUT2D eigenvalue weighted by Gasteiger charge is -2.03. The maximum atomic E-state index is 12.7. The molecule has 0 spiro atoms. The van der Waals surface area contributed by atoms with E-state index in [1.54, 1.807) is 6.92 Å². The first-order valence-electron chi connectivity index (χ1n) is 3.56. The largest absolute Gasteiger partial charge is 0.260 e. The van der Waals surface area contributed by atoms with Gasteiger partial charge in [0.2, 0.25) is 0 Å². The van der Waals surface area contributed by atoms with Crippen LogP contribution >= 0.6 is 0 Å². The summed E-state index contributed by atoms with van der Waals surface area (Å²) in [6.45, 7) is 1.11. The lowest BCUT2D eigenvalue weighted by Crippen LogP contribution is -2.11. The van der Waals surface area contributed by atoms with Gasteiger partial charge in [0.1, 0.15) is 6.54 Å². The van der Waals surface area contributed by atoms with Crippen molar-refractivity contribution < 1.29 is 13.2 Å². The molecule has 0 atom stereocenters. The molecule has 0 saturated heterocycles. The van der Waals surface area contributed by atoms with Crippen molar-refractivity contribution in [3.63, 3.8) is 0 Å². The standard InChI is InChI=1S/C7H8F3N2/c1-2-6-5(8)3-11-12(6)4-7(9)10/h7H,2,4H2,1H3. The van der Waals surface area contributed by atoms with Crippen molar-refractivity contribution in [3.05, 3.63) is 17.7 Å². The highest BCUT2D eigenvalue weighted by Gasteiger charge is 2.12. The molecule has 0 unspecified atom stereocenters.